The van der Waals surface area contributed by atoms with E-state index in [4.69, 9.17) is 10.3 Å². The van der Waals surface area contributed by atoms with Gasteiger partial charge in [0.15, 0.2) is 0 Å². The molecule has 0 unspecified atom stereocenters. The molecule has 1 aliphatic carbocycles. The van der Waals surface area contributed by atoms with Crippen LogP contribution in [0.15, 0.2) is 4.52 Å². The van der Waals surface area contributed by atoms with Crippen LogP contribution in [0.25, 0.3) is 0 Å². The van der Waals surface area contributed by atoms with Gasteiger partial charge in [0.2, 0.25) is 5.89 Å². The second kappa shape index (κ2) is 5.09. The van der Waals surface area contributed by atoms with Crippen molar-refractivity contribution in [3.05, 3.63) is 5.89 Å². The van der Waals surface area contributed by atoms with Crippen LogP contribution in [-0.4, -0.2) is 48.3 Å². The van der Waals surface area contributed by atoms with Gasteiger partial charge >= 0.3 is 0 Å². The SMILES string of the molecule is CN1CCN(c2noc(C3(N)CCCCC3)n2)CC1. The molecule has 0 bridgehead atoms. The molecular formula is C13H23N5O. The van der Waals surface area contributed by atoms with E-state index >= 15 is 0 Å². The van der Waals surface area contributed by atoms with Crippen molar-refractivity contribution in [2.24, 2.45) is 5.73 Å². The van der Waals surface area contributed by atoms with Crippen LogP contribution >= 0.6 is 0 Å². The molecule has 2 heterocycles. The van der Waals surface area contributed by atoms with Gasteiger partial charge in [-0.05, 0) is 25.0 Å². The fourth-order valence-electron chi connectivity index (χ4n) is 2.95. The lowest BCUT2D eigenvalue weighted by atomic mass is 9.82. The highest BCUT2D eigenvalue weighted by atomic mass is 16.5. The summed E-state index contributed by atoms with van der Waals surface area (Å²) in [6.45, 7) is 3.98. The average Bonchev–Trinajstić information content (AvgIpc) is 2.91. The third-order valence-electron chi connectivity index (χ3n) is 4.37. The Morgan fingerprint density at radius 1 is 1.11 bits per heavy atom. The van der Waals surface area contributed by atoms with Gasteiger partial charge in [-0.25, -0.2) is 0 Å². The maximum atomic E-state index is 6.42. The predicted octanol–water partition coefficient (Wildman–Crippen LogP) is 0.939. The van der Waals surface area contributed by atoms with Crippen LogP contribution in [0.5, 0.6) is 0 Å². The molecule has 1 saturated carbocycles. The smallest absolute Gasteiger partial charge is 0.266 e. The van der Waals surface area contributed by atoms with Crippen molar-refractivity contribution in [2.45, 2.75) is 37.6 Å². The van der Waals surface area contributed by atoms with Crippen molar-refractivity contribution in [1.82, 2.24) is 15.0 Å². The first-order valence-corrected chi connectivity index (χ1v) is 7.24. The molecule has 2 fully saturated rings. The van der Waals surface area contributed by atoms with Gasteiger partial charge in [0, 0.05) is 26.2 Å². The van der Waals surface area contributed by atoms with Gasteiger partial charge in [0.25, 0.3) is 5.95 Å². The largest absolute Gasteiger partial charge is 0.336 e. The highest BCUT2D eigenvalue weighted by Crippen LogP contribution is 2.34. The van der Waals surface area contributed by atoms with E-state index in [0.717, 1.165) is 51.9 Å². The summed E-state index contributed by atoms with van der Waals surface area (Å²) >= 11 is 0. The number of likely N-dealkylation sites (N-methyl/N-ethyl adjacent to an activating group) is 1. The van der Waals surface area contributed by atoms with E-state index in [9.17, 15) is 0 Å². The monoisotopic (exact) mass is 265 g/mol. The van der Waals surface area contributed by atoms with Crippen LogP contribution in [0, 0.1) is 0 Å². The Morgan fingerprint density at radius 2 is 1.79 bits per heavy atom. The molecule has 0 aromatic carbocycles. The molecule has 0 atom stereocenters. The summed E-state index contributed by atoms with van der Waals surface area (Å²) in [5.41, 5.74) is 6.03. The molecule has 3 rings (SSSR count). The molecule has 0 amide bonds. The minimum absolute atomic E-state index is 0.393. The molecular weight excluding hydrogens is 242 g/mol. The first kappa shape index (κ1) is 12.9. The van der Waals surface area contributed by atoms with Gasteiger partial charge in [-0.3, -0.25) is 0 Å². The van der Waals surface area contributed by atoms with Crippen molar-refractivity contribution in [1.29, 1.82) is 0 Å². The molecule has 2 aliphatic rings. The average molecular weight is 265 g/mol. The lowest BCUT2D eigenvalue weighted by molar-refractivity contribution is 0.219. The van der Waals surface area contributed by atoms with Crippen LogP contribution in [0.1, 0.15) is 38.0 Å². The number of hydrogen-bond acceptors (Lipinski definition) is 6. The second-order valence-electron chi connectivity index (χ2n) is 5.91. The summed E-state index contributed by atoms with van der Waals surface area (Å²) in [6, 6.07) is 0. The Labute approximate surface area is 113 Å². The topological polar surface area (TPSA) is 71.4 Å². The molecule has 1 saturated heterocycles. The van der Waals surface area contributed by atoms with Crippen LogP contribution in [0.3, 0.4) is 0 Å². The number of nitrogens with zero attached hydrogens (tertiary/aromatic N) is 4. The summed E-state index contributed by atoms with van der Waals surface area (Å²) in [7, 11) is 2.13. The normalized spacial score (nSPS) is 24.6. The third-order valence-corrected chi connectivity index (χ3v) is 4.37. The van der Waals surface area contributed by atoms with E-state index in [1.54, 1.807) is 0 Å². The van der Waals surface area contributed by atoms with E-state index in [1.807, 2.05) is 0 Å². The maximum absolute atomic E-state index is 6.42. The van der Waals surface area contributed by atoms with Crippen LogP contribution in [-0.2, 0) is 5.54 Å². The Hall–Kier alpha value is -1.14. The van der Waals surface area contributed by atoms with Gasteiger partial charge in [0.1, 0.15) is 0 Å². The van der Waals surface area contributed by atoms with Crippen LogP contribution in [0.2, 0.25) is 0 Å². The Morgan fingerprint density at radius 3 is 2.47 bits per heavy atom. The Bertz CT molecular complexity index is 418. The second-order valence-corrected chi connectivity index (χ2v) is 5.91. The van der Waals surface area contributed by atoms with Gasteiger partial charge < -0.3 is 20.1 Å². The van der Waals surface area contributed by atoms with Crippen molar-refractivity contribution < 1.29 is 4.52 Å². The zero-order valence-electron chi connectivity index (χ0n) is 11.6. The van der Waals surface area contributed by atoms with E-state index in [-0.39, 0.29) is 0 Å². The summed E-state index contributed by atoms with van der Waals surface area (Å²) in [4.78, 5) is 9.05. The van der Waals surface area contributed by atoms with E-state index in [0.29, 0.717) is 11.8 Å². The van der Waals surface area contributed by atoms with E-state index in [1.165, 1.54) is 6.42 Å². The summed E-state index contributed by atoms with van der Waals surface area (Å²) in [6.07, 6.45) is 5.48. The molecule has 19 heavy (non-hydrogen) atoms. The lowest BCUT2D eigenvalue weighted by Crippen LogP contribution is -2.45. The van der Waals surface area contributed by atoms with E-state index in [2.05, 4.69) is 27.0 Å². The van der Waals surface area contributed by atoms with Crippen molar-refractivity contribution in [3.8, 4) is 0 Å². The molecule has 1 aliphatic heterocycles. The molecule has 2 N–H and O–H groups in total. The number of aromatic nitrogens is 2. The first-order chi connectivity index (χ1) is 9.17. The molecule has 1 aromatic heterocycles. The number of hydrogen-bond donors (Lipinski definition) is 1. The molecule has 106 valence electrons. The zero-order chi connectivity index (χ0) is 13.3. The Balaban J connectivity index is 1.72. The van der Waals surface area contributed by atoms with E-state index < -0.39 is 5.54 Å². The zero-order valence-corrected chi connectivity index (χ0v) is 11.6. The molecule has 6 nitrogen and oxygen atoms in total. The first-order valence-electron chi connectivity index (χ1n) is 7.24. The predicted molar refractivity (Wildman–Crippen MR) is 73.0 cm³/mol. The molecule has 1 aromatic rings. The number of piperazine rings is 1. The van der Waals surface area contributed by atoms with Gasteiger partial charge in [-0.2, -0.15) is 4.98 Å². The van der Waals surface area contributed by atoms with Crippen LogP contribution < -0.4 is 10.6 Å². The maximum Gasteiger partial charge on any atom is 0.266 e. The van der Waals surface area contributed by atoms with Gasteiger partial charge in [0.05, 0.1) is 5.54 Å². The quantitative estimate of drug-likeness (QED) is 0.858. The Kier molecular flexibility index (Phi) is 3.45. The highest BCUT2D eigenvalue weighted by Gasteiger charge is 2.35. The summed E-state index contributed by atoms with van der Waals surface area (Å²) in [5.74, 6) is 1.33. The molecule has 6 heteroatoms. The van der Waals surface area contributed by atoms with Gasteiger partial charge in [-0.1, -0.05) is 19.3 Å². The van der Waals surface area contributed by atoms with Crippen molar-refractivity contribution in [3.63, 3.8) is 0 Å². The lowest BCUT2D eigenvalue weighted by Gasteiger charge is -2.31. The number of anilines is 1. The minimum atomic E-state index is -0.393. The molecule has 0 spiro atoms. The highest BCUT2D eigenvalue weighted by molar-refractivity contribution is 5.29. The molecule has 0 radical (unpaired) electrons. The number of nitrogens with two attached hydrogens (primary N) is 1. The van der Waals surface area contributed by atoms with Crippen molar-refractivity contribution >= 4 is 5.95 Å². The standard InChI is InChI=1S/C13H23N5O/c1-17-7-9-18(10-8-17)12-15-11(19-16-12)13(14)5-3-2-4-6-13/h2-10,14H2,1H3. The van der Waals surface area contributed by atoms with Crippen LogP contribution in [0.4, 0.5) is 5.95 Å². The third kappa shape index (κ3) is 2.60. The summed E-state index contributed by atoms with van der Waals surface area (Å²) < 4.78 is 5.45. The van der Waals surface area contributed by atoms with Gasteiger partial charge in [-0.15, -0.1) is 0 Å². The minimum Gasteiger partial charge on any atom is -0.336 e. The fourth-order valence-corrected chi connectivity index (χ4v) is 2.95. The fraction of sp³-hybridized carbons (Fsp3) is 0.846. The number of rotatable bonds is 2. The van der Waals surface area contributed by atoms with Crippen molar-refractivity contribution in [2.75, 3.05) is 38.1 Å². The summed E-state index contributed by atoms with van der Waals surface area (Å²) in [5, 5.41) is 4.13.